The summed E-state index contributed by atoms with van der Waals surface area (Å²) in [6.07, 6.45) is 29.0. The van der Waals surface area contributed by atoms with Crippen LogP contribution in [0.4, 0.5) is 0 Å². The molecule has 2 saturated carbocycles. The Balaban J connectivity index is 1.94. The third-order valence-electron chi connectivity index (χ3n) is 7.63. The van der Waals surface area contributed by atoms with Gasteiger partial charge in [-0.2, -0.15) is 0 Å². The summed E-state index contributed by atoms with van der Waals surface area (Å²) in [6, 6.07) is 0. The van der Waals surface area contributed by atoms with Crippen LogP contribution in [0.1, 0.15) is 90.9 Å². The van der Waals surface area contributed by atoms with E-state index in [-0.39, 0.29) is 0 Å². The Hall–Kier alpha value is 0.700. The summed E-state index contributed by atoms with van der Waals surface area (Å²) < 4.78 is 0. The largest absolute Gasteiger partial charge is 0.213 e. The van der Waals surface area contributed by atoms with Crippen molar-refractivity contribution in [2.75, 3.05) is 25.0 Å². The van der Waals surface area contributed by atoms with E-state index in [1.807, 2.05) is 0 Å². The first-order valence-electron chi connectivity index (χ1n) is 10.8. The van der Waals surface area contributed by atoms with Crippen LogP contribution in [0.2, 0.25) is 0 Å². The van der Waals surface area contributed by atoms with Crippen molar-refractivity contribution in [3.05, 3.63) is 0 Å². The molecule has 24 heavy (non-hydrogen) atoms. The Labute approximate surface area is 156 Å². The molecule has 2 rings (SSSR count). The van der Waals surface area contributed by atoms with E-state index in [1.165, 1.54) is 38.5 Å². The minimum absolute atomic E-state index is 0.440. The van der Waals surface area contributed by atoms with Crippen molar-refractivity contribution in [3.63, 3.8) is 0 Å². The maximum atomic E-state index is 2.74. The van der Waals surface area contributed by atoms with Gasteiger partial charge in [-0.3, -0.25) is 0 Å². The van der Waals surface area contributed by atoms with Crippen LogP contribution >= 0.6 is 18.1 Å². The summed E-state index contributed by atoms with van der Waals surface area (Å²) in [5, 5.41) is 2.16. The minimum atomic E-state index is -0.440. The molecule has 0 aromatic carbocycles. The normalized spacial score (nSPS) is 33.1. The Morgan fingerprint density at radius 3 is 1.33 bits per heavy atom. The molecular formula is C22H46S2. The first kappa shape index (κ1) is 21.0. The van der Waals surface area contributed by atoms with Gasteiger partial charge in [0.25, 0.3) is 0 Å². The highest BCUT2D eigenvalue weighted by Crippen LogP contribution is 2.82. The van der Waals surface area contributed by atoms with Gasteiger partial charge >= 0.3 is 0 Å². The van der Waals surface area contributed by atoms with Crippen LogP contribution < -0.4 is 0 Å². The quantitative estimate of drug-likeness (QED) is 0.362. The highest BCUT2D eigenvalue weighted by Gasteiger charge is 2.44. The summed E-state index contributed by atoms with van der Waals surface area (Å²) >= 11 is 0. The molecule has 0 heterocycles. The van der Waals surface area contributed by atoms with Crippen molar-refractivity contribution >= 4 is 18.1 Å². The van der Waals surface area contributed by atoms with E-state index in [2.05, 4.69) is 38.9 Å². The van der Waals surface area contributed by atoms with E-state index < -0.39 is 18.1 Å². The average molecular weight is 375 g/mol. The molecule has 4 unspecified atom stereocenters. The molecule has 0 spiro atoms. The molecule has 0 radical (unpaired) electrons. The van der Waals surface area contributed by atoms with Crippen molar-refractivity contribution in [3.8, 4) is 0 Å². The van der Waals surface area contributed by atoms with E-state index in [9.17, 15) is 0 Å². The lowest BCUT2D eigenvalue weighted by atomic mass is 10.0. The van der Waals surface area contributed by atoms with Gasteiger partial charge in [0.2, 0.25) is 0 Å². The van der Waals surface area contributed by atoms with Crippen LogP contribution in [0.5, 0.6) is 0 Å². The lowest BCUT2D eigenvalue weighted by molar-refractivity contribution is 0.481. The predicted octanol–water partition coefficient (Wildman–Crippen LogP) is 7.75. The Morgan fingerprint density at radius 1 is 0.625 bits per heavy atom. The fourth-order valence-corrected chi connectivity index (χ4v) is 14.8. The molecule has 2 heteroatoms. The second-order valence-corrected chi connectivity index (χ2v) is 21.2. The molecular weight excluding hydrogens is 328 g/mol. The SMILES string of the molecule is CCCCC1CCC(S(C)(C)S(C)(C)C2CCC(CCCC)C2)C1. The van der Waals surface area contributed by atoms with Crippen LogP contribution in [0.25, 0.3) is 0 Å². The topological polar surface area (TPSA) is 0 Å². The van der Waals surface area contributed by atoms with Crippen LogP contribution in [0.3, 0.4) is 0 Å². The van der Waals surface area contributed by atoms with Gasteiger partial charge in [-0.25, -0.2) is 18.1 Å². The number of unbranched alkanes of at least 4 members (excludes halogenated alkanes) is 2. The molecule has 146 valence electrons. The summed E-state index contributed by atoms with van der Waals surface area (Å²) in [7, 11) is -0.880. The highest BCUT2D eigenvalue weighted by molar-refractivity contribution is 9.07. The van der Waals surface area contributed by atoms with E-state index in [4.69, 9.17) is 0 Å². The molecule has 0 aromatic rings. The van der Waals surface area contributed by atoms with E-state index in [0.717, 1.165) is 22.3 Å². The first-order valence-corrected chi connectivity index (χ1v) is 16.3. The van der Waals surface area contributed by atoms with Crippen LogP contribution in [0, 0.1) is 11.8 Å². The zero-order valence-electron chi connectivity index (χ0n) is 17.6. The van der Waals surface area contributed by atoms with Crippen molar-refractivity contribution < 1.29 is 0 Å². The van der Waals surface area contributed by atoms with Gasteiger partial charge in [-0.1, -0.05) is 52.4 Å². The first-order chi connectivity index (χ1) is 11.3. The number of hydrogen-bond acceptors (Lipinski definition) is 0. The molecule has 0 saturated heterocycles. The molecule has 2 aliphatic carbocycles. The lowest BCUT2D eigenvalue weighted by Crippen LogP contribution is -2.25. The second-order valence-electron chi connectivity index (χ2n) is 9.51. The summed E-state index contributed by atoms with van der Waals surface area (Å²) in [4.78, 5) is 0. The minimum Gasteiger partial charge on any atom is -0.213 e. The molecule has 0 bridgehead atoms. The standard InChI is InChI=1S/C22H46S2/c1-7-9-11-19-13-15-21(17-19)23(3,4)24(5,6)22-16-14-20(18-22)12-10-8-2/h19-22H,7-18H2,1-6H3. The monoisotopic (exact) mass is 374 g/mol. The Morgan fingerprint density at radius 2 is 1.00 bits per heavy atom. The van der Waals surface area contributed by atoms with E-state index >= 15 is 0 Å². The van der Waals surface area contributed by atoms with Crippen molar-refractivity contribution in [1.29, 1.82) is 0 Å². The molecule has 0 aliphatic heterocycles. The summed E-state index contributed by atoms with van der Waals surface area (Å²) in [5.41, 5.74) is 0. The Bertz CT molecular complexity index is 338. The summed E-state index contributed by atoms with van der Waals surface area (Å²) in [5.74, 6) is 2.13. The second kappa shape index (κ2) is 9.07. The van der Waals surface area contributed by atoms with Crippen LogP contribution in [-0.2, 0) is 0 Å². The molecule has 4 atom stereocenters. The maximum absolute atomic E-state index is 2.74. The zero-order chi connectivity index (χ0) is 17.8. The van der Waals surface area contributed by atoms with Gasteiger partial charge in [0.15, 0.2) is 0 Å². The fourth-order valence-electron chi connectivity index (χ4n) is 5.30. The average Bonchev–Trinajstić information content (AvgIpc) is 3.20. The summed E-state index contributed by atoms with van der Waals surface area (Å²) in [6.45, 7) is 4.70. The molecule has 0 aromatic heterocycles. The Kier molecular flexibility index (Phi) is 7.94. The maximum Gasteiger partial charge on any atom is -0.00426 e. The number of rotatable bonds is 9. The lowest BCUT2D eigenvalue weighted by Gasteiger charge is -2.58. The van der Waals surface area contributed by atoms with Gasteiger partial charge < -0.3 is 0 Å². The van der Waals surface area contributed by atoms with Crippen molar-refractivity contribution in [2.45, 2.75) is 101 Å². The van der Waals surface area contributed by atoms with Gasteiger partial charge in [-0.05, 0) is 85.9 Å². The predicted molar refractivity (Wildman–Crippen MR) is 120 cm³/mol. The highest BCUT2D eigenvalue weighted by atomic mass is 33.2. The van der Waals surface area contributed by atoms with Gasteiger partial charge in [0.05, 0.1) is 0 Å². The van der Waals surface area contributed by atoms with Crippen LogP contribution in [-0.4, -0.2) is 35.5 Å². The van der Waals surface area contributed by atoms with Gasteiger partial charge in [-0.15, -0.1) is 0 Å². The van der Waals surface area contributed by atoms with E-state index in [0.29, 0.717) is 0 Å². The smallest absolute Gasteiger partial charge is 0.00426 e. The third kappa shape index (κ3) is 4.70. The van der Waals surface area contributed by atoms with Crippen molar-refractivity contribution in [1.82, 2.24) is 0 Å². The molecule has 2 fully saturated rings. The van der Waals surface area contributed by atoms with E-state index in [1.54, 1.807) is 38.5 Å². The third-order valence-corrected chi connectivity index (χ3v) is 22.2. The number of hydrogen-bond donors (Lipinski definition) is 0. The molecule has 2 aliphatic rings. The van der Waals surface area contributed by atoms with Gasteiger partial charge in [0, 0.05) is 0 Å². The molecule has 0 nitrogen and oxygen atoms in total. The van der Waals surface area contributed by atoms with Crippen LogP contribution in [0.15, 0.2) is 0 Å². The zero-order valence-corrected chi connectivity index (χ0v) is 19.2. The fraction of sp³-hybridized carbons (Fsp3) is 1.00. The molecule has 0 N–H and O–H groups in total. The van der Waals surface area contributed by atoms with Gasteiger partial charge in [0.1, 0.15) is 0 Å². The van der Waals surface area contributed by atoms with Crippen molar-refractivity contribution in [2.24, 2.45) is 11.8 Å². The molecule has 0 amide bonds.